The fourth-order valence-electron chi connectivity index (χ4n) is 2.89. The van der Waals surface area contributed by atoms with Crippen LogP contribution in [0.4, 0.5) is 4.39 Å². The first kappa shape index (κ1) is 18.7. The van der Waals surface area contributed by atoms with E-state index >= 15 is 0 Å². The molecule has 3 aromatic rings. The van der Waals surface area contributed by atoms with Crippen LogP contribution in [0.25, 0.3) is 11.1 Å². The lowest BCUT2D eigenvalue weighted by atomic mass is 10.0. The standard InChI is InChI=1S/C22H22FN3O/c1-26(2)15-17-5-3-6-18(13-17)20-7-4-12-24-21(20)22(27)25-14-16-8-10-19(23)11-9-16/h3-13H,14-15H2,1-2H3,(H,25,27). The van der Waals surface area contributed by atoms with E-state index in [0.717, 1.165) is 23.2 Å². The van der Waals surface area contributed by atoms with Crippen LogP contribution >= 0.6 is 0 Å². The monoisotopic (exact) mass is 363 g/mol. The van der Waals surface area contributed by atoms with Crippen molar-refractivity contribution >= 4 is 5.91 Å². The zero-order valence-electron chi connectivity index (χ0n) is 15.4. The van der Waals surface area contributed by atoms with E-state index in [1.807, 2.05) is 38.4 Å². The van der Waals surface area contributed by atoms with Gasteiger partial charge in [0.25, 0.3) is 5.91 Å². The number of carbonyl (C=O) groups excluding carboxylic acids is 1. The van der Waals surface area contributed by atoms with Gasteiger partial charge in [-0.1, -0.05) is 36.4 Å². The van der Waals surface area contributed by atoms with Crippen molar-refractivity contribution in [2.24, 2.45) is 0 Å². The number of pyridine rings is 1. The number of amides is 1. The average molecular weight is 363 g/mol. The molecule has 0 bridgehead atoms. The van der Waals surface area contributed by atoms with Crippen molar-refractivity contribution in [2.45, 2.75) is 13.1 Å². The van der Waals surface area contributed by atoms with Gasteiger partial charge >= 0.3 is 0 Å². The van der Waals surface area contributed by atoms with E-state index in [0.29, 0.717) is 12.2 Å². The molecule has 0 saturated heterocycles. The van der Waals surface area contributed by atoms with Crippen molar-refractivity contribution in [3.63, 3.8) is 0 Å². The van der Waals surface area contributed by atoms with E-state index in [4.69, 9.17) is 0 Å². The van der Waals surface area contributed by atoms with Gasteiger partial charge in [0.2, 0.25) is 0 Å². The summed E-state index contributed by atoms with van der Waals surface area (Å²) < 4.78 is 13.0. The third kappa shape index (κ3) is 4.99. The summed E-state index contributed by atoms with van der Waals surface area (Å²) in [6.07, 6.45) is 1.61. The maximum Gasteiger partial charge on any atom is 0.270 e. The van der Waals surface area contributed by atoms with Crippen LogP contribution in [-0.4, -0.2) is 29.9 Å². The zero-order valence-corrected chi connectivity index (χ0v) is 15.4. The van der Waals surface area contributed by atoms with Gasteiger partial charge < -0.3 is 10.2 Å². The number of nitrogens with zero attached hydrogens (tertiary/aromatic N) is 2. The number of aromatic nitrogens is 1. The third-order valence-electron chi connectivity index (χ3n) is 4.13. The van der Waals surface area contributed by atoms with Crippen LogP contribution in [0.15, 0.2) is 66.9 Å². The zero-order chi connectivity index (χ0) is 19.2. The Balaban J connectivity index is 1.81. The first-order valence-electron chi connectivity index (χ1n) is 8.74. The second-order valence-electron chi connectivity index (χ2n) is 6.65. The van der Waals surface area contributed by atoms with E-state index in [-0.39, 0.29) is 11.7 Å². The van der Waals surface area contributed by atoms with Crippen LogP contribution in [-0.2, 0) is 13.1 Å². The lowest BCUT2D eigenvalue weighted by Gasteiger charge is -2.13. The molecule has 1 heterocycles. The minimum absolute atomic E-state index is 0.257. The highest BCUT2D eigenvalue weighted by atomic mass is 19.1. The van der Waals surface area contributed by atoms with Crippen LogP contribution in [0.2, 0.25) is 0 Å². The SMILES string of the molecule is CN(C)Cc1cccc(-c2cccnc2C(=O)NCc2ccc(F)cc2)c1. The average Bonchev–Trinajstić information content (AvgIpc) is 2.67. The van der Waals surface area contributed by atoms with Gasteiger partial charge in [-0.25, -0.2) is 4.39 Å². The summed E-state index contributed by atoms with van der Waals surface area (Å²) >= 11 is 0. The normalized spacial score (nSPS) is 10.8. The van der Waals surface area contributed by atoms with Crippen LogP contribution < -0.4 is 5.32 Å². The molecule has 0 aliphatic rings. The highest BCUT2D eigenvalue weighted by Gasteiger charge is 2.14. The smallest absolute Gasteiger partial charge is 0.270 e. The molecule has 27 heavy (non-hydrogen) atoms. The molecular weight excluding hydrogens is 341 g/mol. The third-order valence-corrected chi connectivity index (χ3v) is 4.13. The number of hydrogen-bond donors (Lipinski definition) is 1. The number of nitrogens with one attached hydrogen (secondary N) is 1. The lowest BCUT2D eigenvalue weighted by molar-refractivity contribution is 0.0946. The number of hydrogen-bond acceptors (Lipinski definition) is 3. The molecule has 0 aliphatic heterocycles. The molecule has 1 N–H and O–H groups in total. The summed E-state index contributed by atoms with van der Waals surface area (Å²) in [6.45, 7) is 1.13. The Kier molecular flexibility index (Phi) is 5.94. The first-order valence-corrected chi connectivity index (χ1v) is 8.74. The molecule has 0 fully saturated rings. The van der Waals surface area contributed by atoms with Crippen molar-refractivity contribution in [3.05, 3.63) is 89.5 Å². The van der Waals surface area contributed by atoms with E-state index in [1.54, 1.807) is 18.3 Å². The Hall–Kier alpha value is -3.05. The number of rotatable bonds is 6. The highest BCUT2D eigenvalue weighted by Crippen LogP contribution is 2.23. The van der Waals surface area contributed by atoms with Gasteiger partial charge in [0.05, 0.1) is 0 Å². The van der Waals surface area contributed by atoms with E-state index < -0.39 is 0 Å². The van der Waals surface area contributed by atoms with Gasteiger partial charge in [-0.05, 0) is 55.1 Å². The number of carbonyl (C=O) groups is 1. The molecule has 5 heteroatoms. The Morgan fingerprint density at radius 2 is 1.81 bits per heavy atom. The Bertz CT molecular complexity index is 923. The van der Waals surface area contributed by atoms with Gasteiger partial charge in [-0.15, -0.1) is 0 Å². The van der Waals surface area contributed by atoms with Crippen LogP contribution in [0.3, 0.4) is 0 Å². The van der Waals surface area contributed by atoms with Gasteiger partial charge in [-0.2, -0.15) is 0 Å². The van der Waals surface area contributed by atoms with Crippen molar-refractivity contribution in [1.82, 2.24) is 15.2 Å². The van der Waals surface area contributed by atoms with Crippen molar-refractivity contribution in [1.29, 1.82) is 0 Å². The summed E-state index contributed by atoms with van der Waals surface area (Å²) in [5, 5.41) is 2.86. The second-order valence-corrected chi connectivity index (χ2v) is 6.65. The molecule has 0 saturated carbocycles. The molecular formula is C22H22FN3O. The maximum absolute atomic E-state index is 13.0. The predicted molar refractivity (Wildman–Crippen MR) is 105 cm³/mol. The lowest BCUT2D eigenvalue weighted by Crippen LogP contribution is -2.24. The van der Waals surface area contributed by atoms with Gasteiger partial charge in [0, 0.05) is 24.8 Å². The predicted octanol–water partition coefficient (Wildman–Crippen LogP) is 3.88. The minimum atomic E-state index is -0.297. The molecule has 1 amide bonds. The molecule has 3 rings (SSSR count). The van der Waals surface area contributed by atoms with Gasteiger partial charge in [0.1, 0.15) is 11.5 Å². The van der Waals surface area contributed by atoms with Gasteiger partial charge in [-0.3, -0.25) is 9.78 Å². The molecule has 2 aromatic carbocycles. The molecule has 138 valence electrons. The van der Waals surface area contributed by atoms with Crippen molar-refractivity contribution in [2.75, 3.05) is 14.1 Å². The molecule has 0 radical (unpaired) electrons. The van der Waals surface area contributed by atoms with E-state index in [2.05, 4.69) is 27.3 Å². The van der Waals surface area contributed by atoms with Crippen LogP contribution in [0.1, 0.15) is 21.6 Å². The van der Waals surface area contributed by atoms with Crippen LogP contribution in [0.5, 0.6) is 0 Å². The number of halogens is 1. The molecule has 0 atom stereocenters. The largest absolute Gasteiger partial charge is 0.347 e. The van der Waals surface area contributed by atoms with Crippen molar-refractivity contribution < 1.29 is 9.18 Å². The minimum Gasteiger partial charge on any atom is -0.347 e. The molecule has 0 unspecified atom stereocenters. The first-order chi connectivity index (χ1) is 13.0. The molecule has 0 spiro atoms. The Labute approximate surface area is 158 Å². The Morgan fingerprint density at radius 3 is 2.56 bits per heavy atom. The summed E-state index contributed by atoms with van der Waals surface area (Å²) in [5.41, 5.74) is 4.11. The van der Waals surface area contributed by atoms with Crippen LogP contribution in [0, 0.1) is 5.82 Å². The second kappa shape index (κ2) is 8.56. The molecule has 4 nitrogen and oxygen atoms in total. The summed E-state index contributed by atoms with van der Waals surface area (Å²) in [5.74, 6) is -0.553. The summed E-state index contributed by atoms with van der Waals surface area (Å²) in [4.78, 5) is 19.1. The van der Waals surface area contributed by atoms with Crippen molar-refractivity contribution in [3.8, 4) is 11.1 Å². The summed E-state index contributed by atoms with van der Waals surface area (Å²) in [6, 6.07) is 17.9. The van der Waals surface area contributed by atoms with E-state index in [1.165, 1.54) is 17.7 Å². The summed E-state index contributed by atoms with van der Waals surface area (Å²) in [7, 11) is 4.04. The fraction of sp³-hybridized carbons (Fsp3) is 0.182. The van der Waals surface area contributed by atoms with Gasteiger partial charge in [0.15, 0.2) is 0 Å². The van der Waals surface area contributed by atoms with E-state index in [9.17, 15) is 9.18 Å². The maximum atomic E-state index is 13.0. The molecule has 1 aromatic heterocycles. The highest BCUT2D eigenvalue weighted by molar-refractivity contribution is 5.98. The fourth-order valence-corrected chi connectivity index (χ4v) is 2.89. The topological polar surface area (TPSA) is 45.2 Å². The molecule has 0 aliphatic carbocycles. The Morgan fingerprint density at radius 1 is 1.04 bits per heavy atom. The number of benzene rings is 2. The quantitative estimate of drug-likeness (QED) is 0.723.